The third kappa shape index (κ3) is 4.36. The monoisotopic (exact) mass is 482 g/mol. The number of halogens is 1. The second-order valence-electron chi connectivity index (χ2n) is 8.99. The lowest BCUT2D eigenvalue weighted by Gasteiger charge is -2.34. The lowest BCUT2D eigenvalue weighted by Crippen LogP contribution is -2.34. The van der Waals surface area contributed by atoms with E-state index in [4.69, 9.17) is 10.7 Å². The van der Waals surface area contributed by atoms with Gasteiger partial charge >= 0.3 is 0 Å². The van der Waals surface area contributed by atoms with Gasteiger partial charge in [0.15, 0.2) is 0 Å². The number of pyridine rings is 1. The molecule has 3 heterocycles. The van der Waals surface area contributed by atoms with Crippen LogP contribution in [0.4, 0.5) is 5.69 Å². The van der Waals surface area contributed by atoms with Crippen LogP contribution in [0.2, 0.25) is 0 Å². The maximum absolute atomic E-state index is 11.1. The minimum atomic E-state index is -0.190. The average molecular weight is 483 g/mol. The van der Waals surface area contributed by atoms with Crippen molar-refractivity contribution >= 4 is 38.6 Å². The van der Waals surface area contributed by atoms with Crippen LogP contribution >= 0.6 is 15.9 Å². The van der Waals surface area contributed by atoms with Gasteiger partial charge in [0, 0.05) is 46.9 Å². The van der Waals surface area contributed by atoms with Crippen molar-refractivity contribution in [3.8, 4) is 5.69 Å². The van der Waals surface area contributed by atoms with Crippen molar-refractivity contribution in [3.05, 3.63) is 51.3 Å². The largest absolute Gasteiger partial charge is 0.371 e. The van der Waals surface area contributed by atoms with Gasteiger partial charge in [-0.2, -0.15) is 0 Å². The Hall–Kier alpha value is -2.34. The Morgan fingerprint density at radius 2 is 1.74 bits per heavy atom. The minimum absolute atomic E-state index is 0.190. The lowest BCUT2D eigenvalue weighted by atomic mass is 9.91. The molecule has 2 aromatic heterocycles. The first-order chi connectivity index (χ1) is 14.7. The third-order valence-electron chi connectivity index (χ3n) is 6.50. The molecule has 1 fully saturated rings. The SMILES string of the molecule is Cc1cc(N2CCC(CCC(N)=O)CC2)c2c(C)cn(-c3c(C)cc(Br)cc3C)c2n1. The van der Waals surface area contributed by atoms with Crippen LogP contribution in [-0.2, 0) is 4.79 Å². The van der Waals surface area contributed by atoms with E-state index >= 15 is 0 Å². The second kappa shape index (κ2) is 8.65. The van der Waals surface area contributed by atoms with Gasteiger partial charge in [0.2, 0.25) is 5.91 Å². The number of carbonyl (C=O) groups excluding carboxylic acids is 1. The molecule has 1 aliphatic heterocycles. The number of piperidine rings is 1. The summed E-state index contributed by atoms with van der Waals surface area (Å²) in [5.41, 5.74) is 13.6. The van der Waals surface area contributed by atoms with Gasteiger partial charge in [-0.3, -0.25) is 4.79 Å². The highest BCUT2D eigenvalue weighted by atomic mass is 79.9. The molecule has 4 rings (SSSR count). The van der Waals surface area contributed by atoms with Crippen molar-refractivity contribution in [2.45, 2.75) is 53.4 Å². The number of carbonyl (C=O) groups is 1. The van der Waals surface area contributed by atoms with Gasteiger partial charge in [0.05, 0.1) is 5.69 Å². The standard InChI is InChI=1S/C25H31BrN4O/c1-15-11-20(26)12-16(2)24(15)30-14-17(3)23-21(13-18(4)28-25(23)30)29-9-7-19(8-10-29)5-6-22(27)31/h11-14,19H,5-10H2,1-4H3,(H2,27,31). The molecule has 31 heavy (non-hydrogen) atoms. The molecule has 0 saturated carbocycles. The number of hydrogen-bond donors (Lipinski definition) is 1. The van der Waals surface area contributed by atoms with Gasteiger partial charge in [-0.1, -0.05) is 15.9 Å². The maximum atomic E-state index is 11.1. The van der Waals surface area contributed by atoms with E-state index in [0.29, 0.717) is 12.3 Å². The summed E-state index contributed by atoms with van der Waals surface area (Å²) in [7, 11) is 0. The first-order valence-electron chi connectivity index (χ1n) is 11.0. The van der Waals surface area contributed by atoms with E-state index in [1.54, 1.807) is 0 Å². The molecule has 0 atom stereocenters. The Bertz CT molecular complexity index is 1120. The quantitative estimate of drug-likeness (QED) is 0.521. The molecule has 6 heteroatoms. The number of fused-ring (bicyclic) bond motifs is 1. The maximum Gasteiger partial charge on any atom is 0.217 e. The number of hydrogen-bond acceptors (Lipinski definition) is 3. The fourth-order valence-corrected chi connectivity index (χ4v) is 5.71. The summed E-state index contributed by atoms with van der Waals surface area (Å²) in [6.45, 7) is 10.6. The number of anilines is 1. The number of amides is 1. The average Bonchev–Trinajstić information content (AvgIpc) is 3.01. The summed E-state index contributed by atoms with van der Waals surface area (Å²) in [4.78, 5) is 18.6. The van der Waals surface area contributed by atoms with Crippen LogP contribution in [0, 0.1) is 33.6 Å². The highest BCUT2D eigenvalue weighted by Gasteiger charge is 2.24. The van der Waals surface area contributed by atoms with Crippen LogP contribution in [-0.4, -0.2) is 28.5 Å². The van der Waals surface area contributed by atoms with Crippen LogP contribution in [0.3, 0.4) is 0 Å². The van der Waals surface area contributed by atoms with E-state index in [9.17, 15) is 4.79 Å². The van der Waals surface area contributed by atoms with Crippen LogP contribution in [0.15, 0.2) is 28.9 Å². The summed E-state index contributed by atoms with van der Waals surface area (Å²) >= 11 is 3.62. The smallest absolute Gasteiger partial charge is 0.217 e. The molecule has 1 amide bonds. The van der Waals surface area contributed by atoms with Gasteiger partial charge in [-0.25, -0.2) is 4.98 Å². The molecule has 0 bridgehead atoms. The minimum Gasteiger partial charge on any atom is -0.371 e. The van der Waals surface area contributed by atoms with E-state index in [-0.39, 0.29) is 5.91 Å². The fraction of sp³-hybridized carbons (Fsp3) is 0.440. The van der Waals surface area contributed by atoms with Crippen molar-refractivity contribution < 1.29 is 4.79 Å². The summed E-state index contributed by atoms with van der Waals surface area (Å²) < 4.78 is 3.36. The number of nitrogens with zero attached hydrogens (tertiary/aromatic N) is 3. The Kier molecular flexibility index (Phi) is 6.11. The Labute approximate surface area is 192 Å². The van der Waals surface area contributed by atoms with E-state index in [0.717, 1.165) is 48.2 Å². The normalized spacial score (nSPS) is 15.1. The molecule has 1 aliphatic rings. The Balaban J connectivity index is 1.72. The van der Waals surface area contributed by atoms with Crippen LogP contribution in [0.1, 0.15) is 48.1 Å². The Morgan fingerprint density at radius 1 is 1.10 bits per heavy atom. The Morgan fingerprint density at radius 3 is 2.35 bits per heavy atom. The summed E-state index contributed by atoms with van der Waals surface area (Å²) in [5.74, 6) is 0.394. The third-order valence-corrected chi connectivity index (χ3v) is 6.96. The van der Waals surface area contributed by atoms with E-state index in [1.165, 1.54) is 33.5 Å². The number of aromatic nitrogens is 2. The van der Waals surface area contributed by atoms with Gasteiger partial charge in [0.1, 0.15) is 5.65 Å². The molecule has 0 aliphatic carbocycles. The first kappa shape index (κ1) is 21.9. The van der Waals surface area contributed by atoms with E-state index < -0.39 is 0 Å². The summed E-state index contributed by atoms with van der Waals surface area (Å²) in [6.07, 6.45) is 5.83. The van der Waals surface area contributed by atoms with Crippen molar-refractivity contribution in [2.24, 2.45) is 11.7 Å². The first-order valence-corrected chi connectivity index (χ1v) is 11.8. The van der Waals surface area contributed by atoms with Gasteiger partial charge in [-0.15, -0.1) is 0 Å². The summed E-state index contributed by atoms with van der Waals surface area (Å²) in [6, 6.07) is 6.55. The molecule has 164 valence electrons. The topological polar surface area (TPSA) is 64.2 Å². The lowest BCUT2D eigenvalue weighted by molar-refractivity contribution is -0.118. The van der Waals surface area contributed by atoms with Crippen molar-refractivity contribution in [3.63, 3.8) is 0 Å². The molecule has 0 spiro atoms. The zero-order valence-electron chi connectivity index (χ0n) is 18.8. The van der Waals surface area contributed by atoms with Crippen molar-refractivity contribution in [1.29, 1.82) is 0 Å². The van der Waals surface area contributed by atoms with Gasteiger partial charge < -0.3 is 15.2 Å². The molecular weight excluding hydrogens is 452 g/mol. The molecule has 0 radical (unpaired) electrons. The van der Waals surface area contributed by atoms with Gasteiger partial charge in [-0.05, 0) is 87.8 Å². The zero-order valence-corrected chi connectivity index (χ0v) is 20.4. The predicted molar refractivity (Wildman–Crippen MR) is 131 cm³/mol. The molecular formula is C25H31BrN4O. The van der Waals surface area contributed by atoms with E-state index in [2.05, 4.69) is 77.5 Å². The van der Waals surface area contributed by atoms with Crippen LogP contribution in [0.25, 0.3) is 16.7 Å². The van der Waals surface area contributed by atoms with Gasteiger partial charge in [0.25, 0.3) is 0 Å². The predicted octanol–water partition coefficient (Wildman–Crippen LogP) is 5.50. The molecule has 0 unspecified atom stereocenters. The number of rotatable bonds is 5. The highest BCUT2D eigenvalue weighted by Crippen LogP contribution is 2.36. The molecule has 3 aromatic rings. The van der Waals surface area contributed by atoms with Crippen LogP contribution in [0.5, 0.6) is 0 Å². The zero-order chi connectivity index (χ0) is 22.3. The fourth-order valence-electron chi connectivity index (χ4n) is 5.02. The molecule has 5 nitrogen and oxygen atoms in total. The number of aryl methyl sites for hydroxylation is 4. The molecule has 1 aromatic carbocycles. The number of benzene rings is 1. The second-order valence-corrected chi connectivity index (χ2v) is 9.90. The number of nitrogens with two attached hydrogens (primary N) is 1. The molecule has 2 N–H and O–H groups in total. The van der Waals surface area contributed by atoms with Crippen molar-refractivity contribution in [1.82, 2.24) is 9.55 Å². The van der Waals surface area contributed by atoms with Crippen molar-refractivity contribution in [2.75, 3.05) is 18.0 Å². The number of primary amides is 1. The van der Waals surface area contributed by atoms with Crippen LogP contribution < -0.4 is 10.6 Å². The highest BCUT2D eigenvalue weighted by molar-refractivity contribution is 9.10. The molecule has 1 saturated heterocycles. The van der Waals surface area contributed by atoms with E-state index in [1.807, 2.05) is 0 Å². The summed E-state index contributed by atoms with van der Waals surface area (Å²) in [5, 5.41) is 1.24.